The lowest BCUT2D eigenvalue weighted by Crippen LogP contribution is -2.35. The van der Waals surface area contributed by atoms with Crippen molar-refractivity contribution in [2.45, 2.75) is 65.7 Å². The average molecular weight is 509 g/mol. The summed E-state index contributed by atoms with van der Waals surface area (Å²) < 4.78 is 12.6. The first-order valence-electron chi connectivity index (χ1n) is 13.7. The Bertz CT molecular complexity index is 1400. The maximum absolute atomic E-state index is 12.6. The van der Waals surface area contributed by atoms with E-state index in [9.17, 15) is 4.79 Å². The van der Waals surface area contributed by atoms with Gasteiger partial charge in [0.25, 0.3) is 0 Å². The van der Waals surface area contributed by atoms with Crippen LogP contribution in [0.25, 0.3) is 10.9 Å². The van der Waals surface area contributed by atoms with Crippen molar-refractivity contribution in [3.8, 4) is 11.5 Å². The van der Waals surface area contributed by atoms with Crippen LogP contribution in [0.5, 0.6) is 11.5 Å². The average Bonchev–Trinajstić information content (AvgIpc) is 2.96. The SMILES string of the molecule is CCCCCC(=O)N1CCc2cc(OCc3nc4ccccc4c(OCc4ccccc4)c3C)ccc2C1. The van der Waals surface area contributed by atoms with E-state index in [2.05, 4.69) is 44.2 Å². The number of hydrogen-bond acceptors (Lipinski definition) is 4. The predicted octanol–water partition coefficient (Wildman–Crippen LogP) is 7.17. The van der Waals surface area contributed by atoms with Gasteiger partial charge in [-0.25, -0.2) is 4.98 Å². The van der Waals surface area contributed by atoms with Crippen LogP contribution in [0.4, 0.5) is 0 Å². The van der Waals surface area contributed by atoms with E-state index in [1.165, 1.54) is 11.1 Å². The van der Waals surface area contributed by atoms with E-state index in [-0.39, 0.29) is 5.91 Å². The molecule has 0 N–H and O–H groups in total. The first-order chi connectivity index (χ1) is 18.6. The molecule has 5 nitrogen and oxygen atoms in total. The van der Waals surface area contributed by atoms with Gasteiger partial charge >= 0.3 is 0 Å². The molecule has 0 radical (unpaired) electrons. The van der Waals surface area contributed by atoms with Gasteiger partial charge in [0.1, 0.15) is 24.7 Å². The molecule has 5 rings (SSSR count). The number of rotatable bonds is 10. The van der Waals surface area contributed by atoms with Crippen LogP contribution in [0.1, 0.15) is 60.6 Å². The topological polar surface area (TPSA) is 51.7 Å². The molecule has 0 unspecified atom stereocenters. The number of benzene rings is 3. The zero-order valence-electron chi connectivity index (χ0n) is 22.4. The lowest BCUT2D eigenvalue weighted by Gasteiger charge is -2.29. The van der Waals surface area contributed by atoms with Crippen LogP contribution < -0.4 is 9.47 Å². The summed E-state index contributed by atoms with van der Waals surface area (Å²) in [7, 11) is 0. The summed E-state index contributed by atoms with van der Waals surface area (Å²) >= 11 is 0. The standard InChI is InChI=1S/C33H36N2O3/c1-3-4-6-15-32(36)35-19-18-26-20-28(17-16-27(26)21-35)37-23-31-24(2)33(29-13-9-10-14-30(29)34-31)38-22-25-11-7-5-8-12-25/h5,7-14,16-17,20H,3-4,6,15,18-19,21-23H2,1-2H3. The Kier molecular flexibility index (Phi) is 8.22. The Morgan fingerprint density at radius 2 is 1.74 bits per heavy atom. The van der Waals surface area contributed by atoms with Crippen molar-refractivity contribution in [2.75, 3.05) is 6.54 Å². The Hall–Kier alpha value is -3.86. The minimum absolute atomic E-state index is 0.271. The largest absolute Gasteiger partial charge is 0.488 e. The van der Waals surface area contributed by atoms with Gasteiger partial charge < -0.3 is 14.4 Å². The van der Waals surface area contributed by atoms with E-state index >= 15 is 0 Å². The molecule has 2 heterocycles. The van der Waals surface area contributed by atoms with Crippen molar-refractivity contribution >= 4 is 16.8 Å². The van der Waals surface area contributed by atoms with E-state index in [1.807, 2.05) is 47.4 Å². The molecule has 1 aliphatic heterocycles. The van der Waals surface area contributed by atoms with Crippen LogP contribution in [-0.2, 0) is 31.0 Å². The number of aromatic nitrogens is 1. The smallest absolute Gasteiger partial charge is 0.222 e. The zero-order chi connectivity index (χ0) is 26.3. The van der Waals surface area contributed by atoms with Crippen LogP contribution >= 0.6 is 0 Å². The number of fused-ring (bicyclic) bond motifs is 2. The van der Waals surface area contributed by atoms with Gasteiger partial charge in [-0.1, -0.05) is 68.3 Å². The number of hydrogen-bond donors (Lipinski definition) is 0. The van der Waals surface area contributed by atoms with Crippen LogP contribution in [0, 0.1) is 6.92 Å². The fourth-order valence-electron chi connectivity index (χ4n) is 5.05. The molecule has 1 aliphatic rings. The Labute approximate surface area is 225 Å². The molecule has 0 spiro atoms. The second kappa shape index (κ2) is 12.1. The van der Waals surface area contributed by atoms with Crippen LogP contribution in [0.15, 0.2) is 72.8 Å². The number of unbranched alkanes of at least 4 members (excludes halogenated alkanes) is 2. The summed E-state index contributed by atoms with van der Waals surface area (Å²) in [5, 5.41) is 1.01. The molecule has 0 aliphatic carbocycles. The third-order valence-corrected chi connectivity index (χ3v) is 7.32. The fourth-order valence-corrected chi connectivity index (χ4v) is 5.05. The molecule has 0 saturated carbocycles. The second-order valence-electron chi connectivity index (χ2n) is 10.0. The van der Waals surface area contributed by atoms with E-state index in [0.29, 0.717) is 26.2 Å². The van der Waals surface area contributed by atoms with Crippen molar-refractivity contribution in [1.82, 2.24) is 9.88 Å². The quantitative estimate of drug-likeness (QED) is 0.213. The van der Waals surface area contributed by atoms with Gasteiger partial charge in [0.15, 0.2) is 0 Å². The summed E-state index contributed by atoms with van der Waals surface area (Å²) in [5.74, 6) is 1.95. The molecule has 0 bridgehead atoms. The normalized spacial score (nSPS) is 12.8. The number of para-hydroxylation sites is 1. The second-order valence-corrected chi connectivity index (χ2v) is 10.0. The molecular weight excluding hydrogens is 472 g/mol. The Balaban J connectivity index is 1.28. The molecule has 4 aromatic rings. The number of ether oxygens (including phenoxy) is 2. The highest BCUT2D eigenvalue weighted by molar-refractivity contribution is 5.86. The van der Waals surface area contributed by atoms with Gasteiger partial charge in [-0.2, -0.15) is 0 Å². The molecule has 1 amide bonds. The first kappa shape index (κ1) is 25.8. The van der Waals surface area contributed by atoms with Gasteiger partial charge in [-0.15, -0.1) is 0 Å². The third kappa shape index (κ3) is 5.99. The molecule has 1 aromatic heterocycles. The number of nitrogens with zero attached hydrogens (tertiary/aromatic N) is 2. The van der Waals surface area contributed by atoms with Crippen molar-refractivity contribution < 1.29 is 14.3 Å². The predicted molar refractivity (Wildman–Crippen MR) is 151 cm³/mol. The molecule has 196 valence electrons. The molecule has 38 heavy (non-hydrogen) atoms. The van der Waals surface area contributed by atoms with Crippen LogP contribution in [-0.4, -0.2) is 22.3 Å². The molecule has 3 aromatic carbocycles. The fraction of sp³-hybridized carbons (Fsp3) is 0.333. The number of pyridine rings is 1. The summed E-state index contributed by atoms with van der Waals surface area (Å²) in [6, 6.07) is 24.5. The molecular formula is C33H36N2O3. The molecule has 5 heteroatoms. The highest BCUT2D eigenvalue weighted by Crippen LogP contribution is 2.32. The van der Waals surface area contributed by atoms with Gasteiger partial charge in [-0.05, 0) is 60.7 Å². The minimum atomic E-state index is 0.271. The van der Waals surface area contributed by atoms with E-state index in [4.69, 9.17) is 14.5 Å². The van der Waals surface area contributed by atoms with Crippen molar-refractivity contribution in [2.24, 2.45) is 0 Å². The number of carbonyl (C=O) groups excluding carboxylic acids is 1. The van der Waals surface area contributed by atoms with Gasteiger partial charge in [-0.3, -0.25) is 4.79 Å². The summed E-state index contributed by atoms with van der Waals surface area (Å²) in [4.78, 5) is 19.5. The minimum Gasteiger partial charge on any atom is -0.488 e. The van der Waals surface area contributed by atoms with Crippen molar-refractivity contribution in [3.63, 3.8) is 0 Å². The summed E-state index contributed by atoms with van der Waals surface area (Å²) in [6.07, 6.45) is 4.74. The van der Waals surface area contributed by atoms with Gasteiger partial charge in [0, 0.05) is 30.5 Å². The van der Waals surface area contributed by atoms with Crippen LogP contribution in [0.2, 0.25) is 0 Å². The lowest BCUT2D eigenvalue weighted by atomic mass is 9.99. The maximum atomic E-state index is 12.6. The molecule has 0 fully saturated rings. The highest BCUT2D eigenvalue weighted by Gasteiger charge is 2.21. The van der Waals surface area contributed by atoms with Gasteiger partial charge in [0.05, 0.1) is 11.2 Å². The number of amides is 1. The van der Waals surface area contributed by atoms with Crippen molar-refractivity contribution in [1.29, 1.82) is 0 Å². The Morgan fingerprint density at radius 3 is 2.58 bits per heavy atom. The van der Waals surface area contributed by atoms with E-state index < -0.39 is 0 Å². The zero-order valence-corrected chi connectivity index (χ0v) is 22.4. The number of carbonyl (C=O) groups is 1. The monoisotopic (exact) mass is 508 g/mol. The first-order valence-corrected chi connectivity index (χ1v) is 13.7. The summed E-state index contributed by atoms with van der Waals surface area (Å²) in [5.41, 5.74) is 6.36. The molecule has 0 atom stereocenters. The highest BCUT2D eigenvalue weighted by atomic mass is 16.5. The van der Waals surface area contributed by atoms with E-state index in [0.717, 1.165) is 71.5 Å². The van der Waals surface area contributed by atoms with Gasteiger partial charge in [0.2, 0.25) is 5.91 Å². The molecule has 0 saturated heterocycles. The maximum Gasteiger partial charge on any atom is 0.222 e. The lowest BCUT2D eigenvalue weighted by molar-refractivity contribution is -0.132. The van der Waals surface area contributed by atoms with Crippen LogP contribution in [0.3, 0.4) is 0 Å². The Morgan fingerprint density at radius 1 is 0.921 bits per heavy atom. The summed E-state index contributed by atoms with van der Waals surface area (Å²) in [6.45, 7) is 6.54. The van der Waals surface area contributed by atoms with Crippen molar-refractivity contribution in [3.05, 3.63) is 101 Å². The van der Waals surface area contributed by atoms with E-state index in [1.54, 1.807) is 0 Å². The third-order valence-electron chi connectivity index (χ3n) is 7.32.